The largest absolute Gasteiger partial charge is 0.352 e. The van der Waals surface area contributed by atoms with Gasteiger partial charge >= 0.3 is 0 Å². The molecular formula is C16H18F2N4O2S. The summed E-state index contributed by atoms with van der Waals surface area (Å²) in [5.74, 6) is -0.698. The maximum absolute atomic E-state index is 13.6. The highest BCUT2D eigenvalue weighted by Crippen LogP contribution is 2.10. The van der Waals surface area contributed by atoms with Crippen LogP contribution in [-0.2, 0) is 23.1 Å². The van der Waals surface area contributed by atoms with E-state index in [1.54, 1.807) is 12.1 Å². The van der Waals surface area contributed by atoms with Gasteiger partial charge in [0, 0.05) is 25.7 Å². The van der Waals surface area contributed by atoms with Crippen LogP contribution in [0.1, 0.15) is 11.1 Å². The van der Waals surface area contributed by atoms with E-state index in [-0.39, 0.29) is 23.5 Å². The van der Waals surface area contributed by atoms with Crippen LogP contribution in [0.2, 0.25) is 0 Å². The van der Waals surface area contributed by atoms with Gasteiger partial charge in [-0.15, -0.1) is 0 Å². The number of sulfonamides is 1. The van der Waals surface area contributed by atoms with Gasteiger partial charge in [-0.2, -0.15) is 0 Å². The number of nitrogens with two attached hydrogens (primary N) is 1. The van der Waals surface area contributed by atoms with Crippen LogP contribution in [0.3, 0.4) is 0 Å². The fraction of sp³-hybridized carbons (Fsp3) is 0.188. The van der Waals surface area contributed by atoms with Gasteiger partial charge in [0.15, 0.2) is 5.96 Å². The third kappa shape index (κ3) is 5.50. The minimum atomic E-state index is -3.78. The molecule has 0 aliphatic rings. The molecule has 0 radical (unpaired) electrons. The number of halogens is 2. The summed E-state index contributed by atoms with van der Waals surface area (Å²) in [6.07, 6.45) is 0. The van der Waals surface area contributed by atoms with Crippen molar-refractivity contribution in [3.8, 4) is 0 Å². The van der Waals surface area contributed by atoms with Crippen LogP contribution >= 0.6 is 0 Å². The van der Waals surface area contributed by atoms with Gasteiger partial charge < -0.3 is 10.6 Å². The Kier molecular flexibility index (Phi) is 6.05. The number of rotatable bonds is 5. The van der Waals surface area contributed by atoms with Gasteiger partial charge in [-0.1, -0.05) is 12.1 Å². The zero-order valence-corrected chi connectivity index (χ0v) is 14.3. The zero-order valence-electron chi connectivity index (χ0n) is 13.5. The molecule has 2 aromatic carbocycles. The summed E-state index contributed by atoms with van der Waals surface area (Å²) < 4.78 is 49.5. The molecule has 0 spiro atoms. The topological polar surface area (TPSA) is 96.6 Å². The smallest absolute Gasteiger partial charge is 0.238 e. The van der Waals surface area contributed by atoms with Crippen LogP contribution < -0.4 is 15.8 Å². The van der Waals surface area contributed by atoms with Crippen molar-refractivity contribution in [3.05, 3.63) is 65.2 Å². The summed E-state index contributed by atoms with van der Waals surface area (Å²) in [5.41, 5.74) is 0.839. The molecule has 0 saturated carbocycles. The number of nitrogens with one attached hydrogen (secondary N) is 2. The number of benzene rings is 2. The third-order valence-corrected chi connectivity index (χ3v) is 4.28. The average Bonchev–Trinajstić information content (AvgIpc) is 2.57. The number of aliphatic imine (C=N–C) groups is 1. The van der Waals surface area contributed by atoms with Crippen molar-refractivity contribution in [1.82, 2.24) is 10.6 Å². The molecular weight excluding hydrogens is 350 g/mol. The Morgan fingerprint density at radius 1 is 1.12 bits per heavy atom. The molecule has 0 aliphatic carbocycles. The molecule has 0 saturated heterocycles. The third-order valence-electron chi connectivity index (χ3n) is 3.36. The van der Waals surface area contributed by atoms with Crippen LogP contribution in [0.5, 0.6) is 0 Å². The first-order valence-electron chi connectivity index (χ1n) is 7.30. The van der Waals surface area contributed by atoms with Gasteiger partial charge in [-0.3, -0.25) is 4.99 Å². The number of primary sulfonamides is 1. The Hall–Kier alpha value is -2.52. The van der Waals surface area contributed by atoms with Gasteiger partial charge in [0.05, 0.1) is 4.90 Å². The molecule has 0 aromatic heterocycles. The Morgan fingerprint density at radius 3 is 2.52 bits per heavy atom. The van der Waals surface area contributed by atoms with Crippen molar-refractivity contribution in [2.75, 3.05) is 7.05 Å². The van der Waals surface area contributed by atoms with Gasteiger partial charge in [0.2, 0.25) is 10.0 Å². The molecule has 9 heteroatoms. The van der Waals surface area contributed by atoms with E-state index in [2.05, 4.69) is 15.6 Å². The van der Waals surface area contributed by atoms with E-state index in [4.69, 9.17) is 5.14 Å². The van der Waals surface area contributed by atoms with Crippen LogP contribution in [0.25, 0.3) is 0 Å². The quantitative estimate of drug-likeness (QED) is 0.550. The van der Waals surface area contributed by atoms with Crippen LogP contribution in [-0.4, -0.2) is 21.4 Å². The number of hydrogen-bond acceptors (Lipinski definition) is 3. The zero-order chi connectivity index (χ0) is 18.4. The van der Waals surface area contributed by atoms with Gasteiger partial charge in [0.1, 0.15) is 11.6 Å². The highest BCUT2D eigenvalue weighted by atomic mass is 32.2. The molecule has 0 amide bonds. The molecule has 0 fully saturated rings. The Morgan fingerprint density at radius 2 is 1.84 bits per heavy atom. The van der Waals surface area contributed by atoms with Crippen LogP contribution in [0.4, 0.5) is 8.78 Å². The van der Waals surface area contributed by atoms with Crippen molar-refractivity contribution in [1.29, 1.82) is 0 Å². The molecule has 4 N–H and O–H groups in total. The van der Waals surface area contributed by atoms with Crippen LogP contribution in [0.15, 0.2) is 52.4 Å². The molecule has 0 bridgehead atoms. The van der Waals surface area contributed by atoms with Crippen molar-refractivity contribution >= 4 is 16.0 Å². The SMILES string of the molecule is CN=C(NCc1cccc(S(N)(=O)=O)c1)NCc1cc(F)ccc1F. The second-order valence-electron chi connectivity index (χ2n) is 5.21. The van der Waals surface area contributed by atoms with E-state index in [0.29, 0.717) is 11.5 Å². The summed E-state index contributed by atoms with van der Waals surface area (Å²) in [6, 6.07) is 9.35. The summed E-state index contributed by atoms with van der Waals surface area (Å²) in [7, 11) is -2.25. The summed E-state index contributed by atoms with van der Waals surface area (Å²) in [6.45, 7) is 0.315. The first-order chi connectivity index (χ1) is 11.8. The maximum atomic E-state index is 13.6. The van der Waals surface area contributed by atoms with Gasteiger partial charge in [0.25, 0.3) is 0 Å². The summed E-state index contributed by atoms with van der Waals surface area (Å²) >= 11 is 0. The highest BCUT2D eigenvalue weighted by molar-refractivity contribution is 7.89. The molecule has 2 aromatic rings. The Bertz CT molecular complexity index is 885. The standard InChI is InChI=1S/C16H18F2N4O2S/c1-20-16(22-10-12-8-13(17)5-6-15(12)18)21-9-11-3-2-4-14(7-11)25(19,23)24/h2-8H,9-10H2,1H3,(H2,19,23,24)(H2,20,21,22). The second kappa shape index (κ2) is 8.04. The summed E-state index contributed by atoms with van der Waals surface area (Å²) in [4.78, 5) is 3.99. The number of guanidine groups is 1. The summed E-state index contributed by atoms with van der Waals surface area (Å²) in [5, 5.41) is 10.9. The maximum Gasteiger partial charge on any atom is 0.238 e. The predicted octanol–water partition coefficient (Wildman–Crippen LogP) is 1.48. The normalized spacial score (nSPS) is 12.1. The molecule has 134 valence electrons. The monoisotopic (exact) mass is 368 g/mol. The lowest BCUT2D eigenvalue weighted by atomic mass is 10.2. The minimum absolute atomic E-state index is 0.0107. The van der Waals surface area contributed by atoms with E-state index < -0.39 is 21.7 Å². The average molecular weight is 368 g/mol. The Labute approximate surface area is 144 Å². The number of nitrogens with zero attached hydrogens (tertiary/aromatic N) is 1. The molecule has 0 heterocycles. The van der Waals surface area contributed by atoms with E-state index >= 15 is 0 Å². The second-order valence-corrected chi connectivity index (χ2v) is 6.77. The van der Waals surface area contributed by atoms with Crippen molar-refractivity contribution in [2.24, 2.45) is 10.1 Å². The van der Waals surface area contributed by atoms with E-state index in [9.17, 15) is 17.2 Å². The molecule has 2 rings (SSSR count). The van der Waals surface area contributed by atoms with Crippen molar-refractivity contribution in [2.45, 2.75) is 18.0 Å². The lowest BCUT2D eigenvalue weighted by molar-refractivity contribution is 0.581. The molecule has 6 nitrogen and oxygen atoms in total. The van der Waals surface area contributed by atoms with Gasteiger partial charge in [-0.05, 0) is 35.9 Å². The van der Waals surface area contributed by atoms with Crippen LogP contribution in [0, 0.1) is 11.6 Å². The van der Waals surface area contributed by atoms with E-state index in [1.807, 2.05) is 0 Å². The fourth-order valence-electron chi connectivity index (χ4n) is 2.10. The van der Waals surface area contributed by atoms with E-state index in [0.717, 1.165) is 18.2 Å². The predicted molar refractivity (Wildman–Crippen MR) is 91.2 cm³/mol. The molecule has 25 heavy (non-hydrogen) atoms. The highest BCUT2D eigenvalue weighted by Gasteiger charge is 2.09. The lowest BCUT2D eigenvalue weighted by Gasteiger charge is -2.13. The molecule has 0 atom stereocenters. The Balaban J connectivity index is 1.98. The molecule has 0 aliphatic heterocycles. The van der Waals surface area contributed by atoms with Crippen molar-refractivity contribution < 1.29 is 17.2 Å². The fourth-order valence-corrected chi connectivity index (χ4v) is 2.68. The first-order valence-corrected chi connectivity index (χ1v) is 8.84. The van der Waals surface area contributed by atoms with E-state index in [1.165, 1.54) is 19.2 Å². The first kappa shape index (κ1) is 18.8. The van der Waals surface area contributed by atoms with Gasteiger partial charge in [-0.25, -0.2) is 22.3 Å². The molecule has 0 unspecified atom stereocenters. The minimum Gasteiger partial charge on any atom is -0.352 e. The van der Waals surface area contributed by atoms with Crippen molar-refractivity contribution in [3.63, 3.8) is 0 Å². The lowest BCUT2D eigenvalue weighted by Crippen LogP contribution is -2.36. The number of hydrogen-bond donors (Lipinski definition) is 3.